The molecule has 0 N–H and O–H groups in total. The molecular weight excluding hydrogens is 544 g/mol. The van der Waals surface area contributed by atoms with E-state index in [-0.39, 0.29) is 11.9 Å². The molecule has 1 unspecified atom stereocenters. The van der Waals surface area contributed by atoms with Crippen molar-refractivity contribution >= 4 is 23.0 Å². The molecule has 1 atom stereocenters. The highest BCUT2D eigenvalue weighted by molar-refractivity contribution is 6.00. The van der Waals surface area contributed by atoms with Gasteiger partial charge < -0.3 is 19.4 Å². The Kier molecular flexibility index (Phi) is 7.60. The summed E-state index contributed by atoms with van der Waals surface area (Å²) in [5, 5.41) is 0. The van der Waals surface area contributed by atoms with Gasteiger partial charge in [-0.15, -0.1) is 0 Å². The first-order chi connectivity index (χ1) is 20.2. The number of aliphatic imine (C=N–C) groups is 1. The number of fused-ring (bicyclic) bond motifs is 1. The zero-order valence-electron chi connectivity index (χ0n) is 23.8. The monoisotopic (exact) mass is 578 g/mol. The fraction of sp³-hybridized carbons (Fsp3) is 0.364. The van der Waals surface area contributed by atoms with Crippen LogP contribution in [0.15, 0.2) is 83.1 Å². The molecule has 5 nitrogen and oxygen atoms in total. The van der Waals surface area contributed by atoms with Gasteiger partial charge in [0.2, 0.25) is 5.96 Å². The Labute approximate surface area is 243 Å². The van der Waals surface area contributed by atoms with Crippen LogP contribution in [-0.4, -0.2) is 44.1 Å². The number of allylic oxidation sites excluding steroid dienone is 1. The highest BCUT2D eigenvalue weighted by Gasteiger charge is 2.38. The Morgan fingerprint density at radius 2 is 1.64 bits per heavy atom. The van der Waals surface area contributed by atoms with Crippen LogP contribution in [0.2, 0.25) is 0 Å². The second-order valence-electron chi connectivity index (χ2n) is 11.1. The third kappa shape index (κ3) is 5.44. The van der Waals surface area contributed by atoms with Crippen molar-refractivity contribution in [2.75, 3.05) is 43.1 Å². The minimum atomic E-state index is -4.47. The molecule has 2 fully saturated rings. The molecule has 1 saturated carbocycles. The summed E-state index contributed by atoms with van der Waals surface area (Å²) in [6.07, 6.45) is -0.876. The van der Waals surface area contributed by atoms with Gasteiger partial charge in [0.05, 0.1) is 30.2 Å². The molecule has 0 aromatic heterocycles. The number of ether oxygens (including phenoxy) is 1. The molecule has 1 saturated heterocycles. The van der Waals surface area contributed by atoms with E-state index in [1.807, 2.05) is 35.2 Å². The van der Waals surface area contributed by atoms with Crippen LogP contribution in [0.1, 0.15) is 48.4 Å². The van der Waals surface area contributed by atoms with E-state index in [1.165, 1.54) is 23.8 Å². The predicted molar refractivity (Wildman–Crippen MR) is 158 cm³/mol. The maximum absolute atomic E-state index is 13.9. The number of nitrogens with zero attached hydrogens (tertiary/aromatic N) is 4. The van der Waals surface area contributed by atoms with Crippen LogP contribution in [0.25, 0.3) is 0 Å². The van der Waals surface area contributed by atoms with E-state index < -0.39 is 11.7 Å². The van der Waals surface area contributed by atoms with Crippen LogP contribution in [-0.2, 0) is 10.9 Å². The SMILES string of the molecule is COC(CC1c2ccccc2N=C(N2CCN(c3ccc(F)c(C)c3)CC2)N1c1cccc(C(F)(F)F)c1)=C1CCC1. The molecule has 3 aromatic carbocycles. The number of methoxy groups -OCH3 is 1. The fourth-order valence-electron chi connectivity index (χ4n) is 6.03. The topological polar surface area (TPSA) is 31.3 Å². The van der Waals surface area contributed by atoms with Gasteiger partial charge in [-0.05, 0) is 79.8 Å². The van der Waals surface area contributed by atoms with Crippen molar-refractivity contribution in [2.24, 2.45) is 4.99 Å². The first-order valence-corrected chi connectivity index (χ1v) is 14.4. The number of halogens is 4. The first kappa shape index (κ1) is 28.1. The lowest BCUT2D eigenvalue weighted by Gasteiger charge is -2.45. The van der Waals surface area contributed by atoms with Gasteiger partial charge in [0, 0.05) is 49.5 Å². The summed E-state index contributed by atoms with van der Waals surface area (Å²) in [6, 6.07) is 18.2. The molecule has 0 amide bonds. The minimum Gasteiger partial charge on any atom is -0.501 e. The fourth-order valence-corrected chi connectivity index (χ4v) is 6.03. The number of hydrogen-bond acceptors (Lipinski definition) is 5. The van der Waals surface area contributed by atoms with Gasteiger partial charge >= 0.3 is 6.18 Å². The lowest BCUT2D eigenvalue weighted by molar-refractivity contribution is -0.137. The third-order valence-electron chi connectivity index (χ3n) is 8.54. The second-order valence-corrected chi connectivity index (χ2v) is 11.1. The van der Waals surface area contributed by atoms with Gasteiger partial charge in [-0.25, -0.2) is 9.38 Å². The third-order valence-corrected chi connectivity index (χ3v) is 8.54. The van der Waals surface area contributed by atoms with Gasteiger partial charge in [-0.3, -0.25) is 0 Å². The molecule has 42 heavy (non-hydrogen) atoms. The first-order valence-electron chi connectivity index (χ1n) is 14.4. The summed E-state index contributed by atoms with van der Waals surface area (Å²) in [5.74, 6) is 1.29. The Balaban J connectivity index is 1.39. The maximum atomic E-state index is 13.9. The van der Waals surface area contributed by atoms with Crippen molar-refractivity contribution in [2.45, 2.75) is 44.8 Å². The van der Waals surface area contributed by atoms with Gasteiger partial charge in [0.15, 0.2) is 0 Å². The van der Waals surface area contributed by atoms with Crippen molar-refractivity contribution in [3.63, 3.8) is 0 Å². The van der Waals surface area contributed by atoms with Crippen LogP contribution in [0.3, 0.4) is 0 Å². The van der Waals surface area contributed by atoms with Crippen LogP contribution >= 0.6 is 0 Å². The second kappa shape index (κ2) is 11.3. The summed E-state index contributed by atoms with van der Waals surface area (Å²) in [5.41, 5.74) is 4.32. The van der Waals surface area contributed by atoms with Gasteiger partial charge in [0.25, 0.3) is 0 Å². The van der Waals surface area contributed by atoms with E-state index in [0.717, 1.165) is 48.0 Å². The largest absolute Gasteiger partial charge is 0.501 e. The van der Waals surface area contributed by atoms with E-state index in [1.54, 1.807) is 26.2 Å². The summed E-state index contributed by atoms with van der Waals surface area (Å²) >= 11 is 0. The molecule has 6 rings (SSSR count). The van der Waals surface area contributed by atoms with E-state index >= 15 is 0 Å². The minimum absolute atomic E-state index is 0.234. The number of aryl methyl sites for hydroxylation is 1. The number of alkyl halides is 3. The Hall–Kier alpha value is -4.01. The molecule has 0 radical (unpaired) electrons. The zero-order chi connectivity index (χ0) is 29.4. The highest BCUT2D eigenvalue weighted by Crippen LogP contribution is 2.44. The average molecular weight is 579 g/mol. The molecule has 220 valence electrons. The van der Waals surface area contributed by atoms with Crippen molar-refractivity contribution in [1.29, 1.82) is 0 Å². The molecule has 0 bridgehead atoms. The van der Waals surface area contributed by atoms with E-state index in [4.69, 9.17) is 9.73 Å². The van der Waals surface area contributed by atoms with Crippen molar-refractivity contribution in [1.82, 2.24) is 4.90 Å². The predicted octanol–water partition coefficient (Wildman–Crippen LogP) is 8.00. The van der Waals surface area contributed by atoms with Crippen LogP contribution < -0.4 is 9.80 Å². The number of anilines is 2. The Morgan fingerprint density at radius 3 is 2.31 bits per heavy atom. The standard InChI is InChI=1S/C33H34F4N4O/c1-22-19-25(13-14-28(22)34)39-15-17-40(18-16-39)32-38-29-12-4-3-11-27(29)30(21-31(42-2)23-7-5-8-23)41(32)26-10-6-9-24(20-26)33(35,36)37/h3-4,6,9-14,19-20,30H,5,7-8,15-18,21H2,1-2H3. The molecule has 3 aliphatic rings. The maximum Gasteiger partial charge on any atom is 0.416 e. The Bertz CT molecular complexity index is 1520. The normalized spacial score (nSPS) is 18.8. The molecule has 2 heterocycles. The lowest BCUT2D eigenvalue weighted by Crippen LogP contribution is -2.55. The molecule has 9 heteroatoms. The van der Waals surface area contributed by atoms with Crippen LogP contribution in [0.5, 0.6) is 0 Å². The number of hydrogen-bond donors (Lipinski definition) is 0. The van der Waals surface area contributed by atoms with Gasteiger partial charge in [0.1, 0.15) is 5.82 Å². The van der Waals surface area contributed by atoms with E-state index in [0.29, 0.717) is 49.8 Å². The quantitative estimate of drug-likeness (QED) is 0.227. The number of para-hydroxylation sites is 1. The van der Waals surface area contributed by atoms with Crippen molar-refractivity contribution in [3.05, 3.63) is 101 Å². The zero-order valence-corrected chi connectivity index (χ0v) is 23.8. The molecule has 1 aliphatic carbocycles. The number of rotatable bonds is 5. The lowest BCUT2D eigenvalue weighted by atomic mass is 9.87. The molecule has 0 spiro atoms. The van der Waals surface area contributed by atoms with Crippen LogP contribution in [0.4, 0.5) is 34.6 Å². The summed E-state index contributed by atoms with van der Waals surface area (Å²) < 4.78 is 61.4. The highest BCUT2D eigenvalue weighted by atomic mass is 19.4. The number of guanidine groups is 1. The van der Waals surface area contributed by atoms with Gasteiger partial charge in [-0.1, -0.05) is 24.3 Å². The molecule has 3 aromatic rings. The van der Waals surface area contributed by atoms with Crippen molar-refractivity contribution < 1.29 is 22.3 Å². The molecular formula is C33H34F4N4O. The number of benzene rings is 3. The number of piperazine rings is 1. The molecule has 2 aliphatic heterocycles. The average Bonchev–Trinajstić information content (AvgIpc) is 2.96. The Morgan fingerprint density at radius 1 is 0.905 bits per heavy atom. The van der Waals surface area contributed by atoms with E-state index in [9.17, 15) is 17.6 Å². The van der Waals surface area contributed by atoms with Gasteiger partial charge in [-0.2, -0.15) is 13.2 Å². The van der Waals surface area contributed by atoms with E-state index in [2.05, 4.69) is 9.80 Å². The van der Waals surface area contributed by atoms with Crippen molar-refractivity contribution in [3.8, 4) is 0 Å². The summed E-state index contributed by atoms with van der Waals surface area (Å²) in [6.45, 7) is 4.31. The summed E-state index contributed by atoms with van der Waals surface area (Å²) in [4.78, 5) is 11.4. The summed E-state index contributed by atoms with van der Waals surface area (Å²) in [7, 11) is 1.68. The van der Waals surface area contributed by atoms with Crippen LogP contribution in [0, 0.1) is 12.7 Å². The smallest absolute Gasteiger partial charge is 0.416 e.